The maximum absolute atomic E-state index is 11.5. The third kappa shape index (κ3) is 2.12. The standard InChI is InChI=1S/C11H10BrNO4/c1-6(14)13-5-9(11(15)16)17-10-7(12)3-2-4-8(10)13/h2-4,9H,5H2,1H3,(H,15,16). The van der Waals surface area contributed by atoms with Gasteiger partial charge in [0, 0.05) is 6.92 Å². The molecule has 1 aliphatic rings. The number of ether oxygens (including phenoxy) is 1. The highest BCUT2D eigenvalue weighted by molar-refractivity contribution is 9.10. The summed E-state index contributed by atoms with van der Waals surface area (Å²) in [6.07, 6.45) is -1.04. The molecule has 17 heavy (non-hydrogen) atoms. The Labute approximate surface area is 106 Å². The van der Waals surface area contributed by atoms with Gasteiger partial charge >= 0.3 is 5.97 Å². The zero-order valence-corrected chi connectivity index (χ0v) is 10.6. The molecule has 1 heterocycles. The van der Waals surface area contributed by atoms with Crippen LogP contribution in [0.15, 0.2) is 22.7 Å². The molecule has 1 atom stereocenters. The van der Waals surface area contributed by atoms with Crippen molar-refractivity contribution >= 4 is 33.5 Å². The van der Waals surface area contributed by atoms with E-state index in [4.69, 9.17) is 9.84 Å². The number of carboxylic acid groups (broad SMARTS) is 1. The fraction of sp³-hybridized carbons (Fsp3) is 0.273. The summed E-state index contributed by atoms with van der Waals surface area (Å²) in [6, 6.07) is 5.23. The largest absolute Gasteiger partial charge is 0.478 e. The molecule has 0 saturated heterocycles. The van der Waals surface area contributed by atoms with Crippen molar-refractivity contribution < 1.29 is 19.4 Å². The highest BCUT2D eigenvalue weighted by atomic mass is 79.9. The van der Waals surface area contributed by atoms with Gasteiger partial charge in [-0.25, -0.2) is 4.79 Å². The second-order valence-corrected chi connectivity index (χ2v) is 4.52. The van der Waals surface area contributed by atoms with Crippen molar-refractivity contribution in [2.24, 2.45) is 0 Å². The van der Waals surface area contributed by atoms with Gasteiger partial charge in [-0.15, -0.1) is 0 Å². The molecule has 6 heteroatoms. The molecule has 0 fully saturated rings. The molecule has 90 valence electrons. The zero-order valence-electron chi connectivity index (χ0n) is 9.01. The molecule has 1 amide bonds. The first-order valence-electron chi connectivity index (χ1n) is 4.97. The van der Waals surface area contributed by atoms with Crippen molar-refractivity contribution in [1.29, 1.82) is 0 Å². The Kier molecular flexibility index (Phi) is 3.06. The van der Waals surface area contributed by atoms with Crippen molar-refractivity contribution in [3.8, 4) is 5.75 Å². The summed E-state index contributed by atoms with van der Waals surface area (Å²) in [6.45, 7) is 1.42. The van der Waals surface area contributed by atoms with Crippen LogP contribution in [0.1, 0.15) is 6.92 Å². The Hall–Kier alpha value is -1.56. The SMILES string of the molecule is CC(=O)N1CC(C(=O)O)Oc2c(Br)cccc21. The third-order valence-electron chi connectivity index (χ3n) is 2.50. The molecule has 1 aromatic rings. The van der Waals surface area contributed by atoms with Gasteiger partial charge in [0.15, 0.2) is 5.75 Å². The number of halogens is 1. The summed E-state index contributed by atoms with van der Waals surface area (Å²) in [7, 11) is 0. The highest BCUT2D eigenvalue weighted by Gasteiger charge is 2.33. The van der Waals surface area contributed by atoms with Gasteiger partial charge in [-0.2, -0.15) is 0 Å². The molecule has 1 N–H and O–H groups in total. The first-order chi connectivity index (χ1) is 8.00. The molecule has 1 aliphatic heterocycles. The van der Waals surface area contributed by atoms with E-state index in [1.165, 1.54) is 11.8 Å². The van der Waals surface area contributed by atoms with Crippen LogP contribution in [0.3, 0.4) is 0 Å². The predicted octanol–water partition coefficient (Wildman–Crippen LogP) is 1.65. The van der Waals surface area contributed by atoms with Crippen molar-refractivity contribution in [3.63, 3.8) is 0 Å². The van der Waals surface area contributed by atoms with Gasteiger partial charge in [-0.1, -0.05) is 6.07 Å². The van der Waals surface area contributed by atoms with Gasteiger partial charge in [-0.3, -0.25) is 4.79 Å². The van der Waals surface area contributed by atoms with Crippen LogP contribution in [0.2, 0.25) is 0 Å². The Balaban J connectivity index is 2.49. The molecule has 0 radical (unpaired) electrons. The van der Waals surface area contributed by atoms with Gasteiger partial charge in [0.2, 0.25) is 12.0 Å². The summed E-state index contributed by atoms with van der Waals surface area (Å²) in [5.41, 5.74) is 0.587. The Morgan fingerprint density at radius 3 is 2.82 bits per heavy atom. The minimum atomic E-state index is -1.09. The lowest BCUT2D eigenvalue weighted by Crippen LogP contribution is -2.46. The smallest absolute Gasteiger partial charge is 0.346 e. The Morgan fingerprint density at radius 1 is 1.53 bits per heavy atom. The van der Waals surface area contributed by atoms with Crippen LogP contribution in [0.4, 0.5) is 5.69 Å². The molecular weight excluding hydrogens is 290 g/mol. The van der Waals surface area contributed by atoms with E-state index in [0.29, 0.717) is 15.9 Å². The quantitative estimate of drug-likeness (QED) is 0.856. The minimum Gasteiger partial charge on any atom is -0.478 e. The first kappa shape index (κ1) is 11.9. The summed E-state index contributed by atoms with van der Waals surface area (Å²) in [5, 5.41) is 8.98. The molecule has 1 unspecified atom stereocenters. The lowest BCUT2D eigenvalue weighted by molar-refractivity contribution is -0.145. The third-order valence-corrected chi connectivity index (χ3v) is 3.13. The van der Waals surface area contributed by atoms with Gasteiger partial charge < -0.3 is 14.7 Å². The average Bonchev–Trinajstić information content (AvgIpc) is 2.28. The van der Waals surface area contributed by atoms with Gasteiger partial charge in [0.05, 0.1) is 16.7 Å². The summed E-state index contributed by atoms with van der Waals surface area (Å²) in [4.78, 5) is 23.9. The summed E-state index contributed by atoms with van der Waals surface area (Å²) in [5.74, 6) is -0.905. The topological polar surface area (TPSA) is 66.8 Å². The van der Waals surface area contributed by atoms with E-state index < -0.39 is 12.1 Å². The molecule has 0 bridgehead atoms. The van der Waals surface area contributed by atoms with E-state index in [2.05, 4.69) is 15.9 Å². The fourth-order valence-corrected chi connectivity index (χ4v) is 2.15. The monoisotopic (exact) mass is 299 g/mol. The summed E-state index contributed by atoms with van der Waals surface area (Å²) >= 11 is 3.28. The number of aliphatic carboxylic acids is 1. The van der Waals surface area contributed by atoms with Crippen LogP contribution in [0.25, 0.3) is 0 Å². The molecule has 0 aliphatic carbocycles. The number of rotatable bonds is 1. The van der Waals surface area contributed by atoms with Crippen LogP contribution >= 0.6 is 15.9 Å². The number of carboxylic acids is 1. The number of para-hydroxylation sites is 1. The number of benzene rings is 1. The van der Waals surface area contributed by atoms with Crippen molar-refractivity contribution in [1.82, 2.24) is 0 Å². The molecule has 1 aromatic carbocycles. The molecule has 0 saturated carbocycles. The van der Waals surface area contributed by atoms with E-state index in [-0.39, 0.29) is 12.5 Å². The number of hydrogen-bond donors (Lipinski definition) is 1. The number of carbonyl (C=O) groups is 2. The highest BCUT2D eigenvalue weighted by Crippen LogP contribution is 2.39. The van der Waals surface area contributed by atoms with Crippen LogP contribution in [-0.4, -0.2) is 29.6 Å². The molecule has 2 rings (SSSR count). The molecule has 0 spiro atoms. The molecule has 5 nitrogen and oxygen atoms in total. The van der Waals surface area contributed by atoms with E-state index in [1.54, 1.807) is 18.2 Å². The number of anilines is 1. The lowest BCUT2D eigenvalue weighted by atomic mass is 10.2. The maximum atomic E-state index is 11.5. The molecular formula is C11H10BrNO4. The van der Waals surface area contributed by atoms with Crippen molar-refractivity contribution in [3.05, 3.63) is 22.7 Å². The number of nitrogens with zero attached hydrogens (tertiary/aromatic N) is 1. The van der Waals surface area contributed by atoms with Gasteiger partial charge in [-0.05, 0) is 28.1 Å². The maximum Gasteiger partial charge on any atom is 0.346 e. The minimum absolute atomic E-state index is 0.0219. The first-order valence-corrected chi connectivity index (χ1v) is 5.76. The van der Waals surface area contributed by atoms with Crippen molar-refractivity contribution in [2.75, 3.05) is 11.4 Å². The number of carbonyl (C=O) groups excluding carboxylic acids is 1. The van der Waals surface area contributed by atoms with Crippen molar-refractivity contribution in [2.45, 2.75) is 13.0 Å². The predicted molar refractivity (Wildman–Crippen MR) is 64.2 cm³/mol. The van der Waals surface area contributed by atoms with Crippen LogP contribution in [-0.2, 0) is 9.59 Å². The van der Waals surface area contributed by atoms with Gasteiger partial charge in [0.25, 0.3) is 0 Å². The van der Waals surface area contributed by atoms with E-state index in [9.17, 15) is 9.59 Å². The normalized spacial score (nSPS) is 18.2. The average molecular weight is 300 g/mol. The molecule has 0 aromatic heterocycles. The van der Waals surface area contributed by atoms with Crippen LogP contribution in [0, 0.1) is 0 Å². The van der Waals surface area contributed by atoms with E-state index in [1.807, 2.05) is 0 Å². The lowest BCUT2D eigenvalue weighted by Gasteiger charge is -2.32. The van der Waals surface area contributed by atoms with E-state index in [0.717, 1.165) is 0 Å². The van der Waals surface area contributed by atoms with Crippen LogP contribution < -0.4 is 9.64 Å². The number of amides is 1. The second kappa shape index (κ2) is 4.37. The second-order valence-electron chi connectivity index (χ2n) is 3.66. The fourth-order valence-electron chi connectivity index (χ4n) is 1.70. The number of hydrogen-bond acceptors (Lipinski definition) is 3. The zero-order chi connectivity index (χ0) is 12.6. The van der Waals surface area contributed by atoms with Gasteiger partial charge in [0.1, 0.15) is 0 Å². The Bertz CT molecular complexity index is 488. The number of fused-ring (bicyclic) bond motifs is 1. The van der Waals surface area contributed by atoms with E-state index >= 15 is 0 Å². The van der Waals surface area contributed by atoms with Crippen LogP contribution in [0.5, 0.6) is 5.75 Å². The summed E-state index contributed by atoms with van der Waals surface area (Å²) < 4.78 is 6.00. The Morgan fingerprint density at radius 2 is 2.24 bits per heavy atom.